The highest BCUT2D eigenvalue weighted by Crippen LogP contribution is 2.27. The van der Waals surface area contributed by atoms with E-state index in [0.29, 0.717) is 0 Å². The molecule has 0 spiro atoms. The van der Waals surface area contributed by atoms with Crippen molar-refractivity contribution in [1.82, 2.24) is 9.80 Å². The van der Waals surface area contributed by atoms with Crippen molar-refractivity contribution in [2.75, 3.05) is 33.2 Å². The number of likely N-dealkylation sites (N-methyl/N-ethyl adjacent to an activating group) is 1. The summed E-state index contributed by atoms with van der Waals surface area (Å²) >= 11 is 0. The molecule has 1 heterocycles. The molecule has 0 atom stereocenters. The summed E-state index contributed by atoms with van der Waals surface area (Å²) in [5.41, 5.74) is 1.50. The van der Waals surface area contributed by atoms with Crippen molar-refractivity contribution < 1.29 is 0 Å². The fourth-order valence-electron chi connectivity index (χ4n) is 1.55. The lowest BCUT2D eigenvalue weighted by Crippen LogP contribution is -2.45. The molecule has 1 rings (SSSR count). The average Bonchev–Trinajstić information content (AvgIpc) is 2.03. The first-order chi connectivity index (χ1) is 5.91. The van der Waals surface area contributed by atoms with Crippen LogP contribution in [0.15, 0.2) is 12.3 Å². The zero-order valence-corrected chi connectivity index (χ0v) is 9.43. The SMILES string of the molecule is C=C(N1CCN(C)CC1)C(C)(C)C. The fraction of sp³-hybridized carbons (Fsp3) is 0.818. The highest BCUT2D eigenvalue weighted by Gasteiger charge is 2.23. The van der Waals surface area contributed by atoms with Crippen LogP contribution >= 0.6 is 0 Å². The second kappa shape index (κ2) is 3.70. The van der Waals surface area contributed by atoms with Gasteiger partial charge in [0.1, 0.15) is 0 Å². The molecule has 0 radical (unpaired) electrons. The van der Waals surface area contributed by atoms with E-state index in [1.165, 1.54) is 5.70 Å². The minimum absolute atomic E-state index is 0.218. The second-order valence-corrected chi connectivity index (χ2v) is 4.99. The van der Waals surface area contributed by atoms with Gasteiger partial charge in [-0.15, -0.1) is 0 Å². The quantitative estimate of drug-likeness (QED) is 0.610. The maximum Gasteiger partial charge on any atom is 0.0303 e. The van der Waals surface area contributed by atoms with Crippen molar-refractivity contribution in [3.8, 4) is 0 Å². The van der Waals surface area contributed by atoms with E-state index in [4.69, 9.17) is 0 Å². The molecule has 0 bridgehead atoms. The van der Waals surface area contributed by atoms with Crippen LogP contribution in [0, 0.1) is 5.41 Å². The van der Waals surface area contributed by atoms with Gasteiger partial charge in [0.25, 0.3) is 0 Å². The lowest BCUT2D eigenvalue weighted by molar-refractivity contribution is 0.162. The lowest BCUT2D eigenvalue weighted by Gasteiger charge is -2.39. The number of nitrogens with zero attached hydrogens (tertiary/aromatic N) is 2. The third kappa shape index (κ3) is 2.73. The molecule has 76 valence electrons. The highest BCUT2D eigenvalue weighted by molar-refractivity contribution is 5.05. The Hall–Kier alpha value is -0.500. The molecule has 2 heteroatoms. The van der Waals surface area contributed by atoms with Gasteiger partial charge in [0.05, 0.1) is 0 Å². The first-order valence-corrected chi connectivity index (χ1v) is 5.04. The molecule has 1 fully saturated rings. The third-order valence-corrected chi connectivity index (χ3v) is 2.75. The van der Waals surface area contributed by atoms with Gasteiger partial charge < -0.3 is 9.80 Å². The Morgan fingerprint density at radius 1 is 1.08 bits per heavy atom. The molecule has 0 saturated carbocycles. The minimum Gasteiger partial charge on any atom is -0.372 e. The summed E-state index contributed by atoms with van der Waals surface area (Å²) in [5, 5.41) is 0. The van der Waals surface area contributed by atoms with Crippen LogP contribution in [-0.2, 0) is 0 Å². The van der Waals surface area contributed by atoms with E-state index >= 15 is 0 Å². The summed E-state index contributed by atoms with van der Waals surface area (Å²) in [6.07, 6.45) is 0. The molecule has 0 N–H and O–H groups in total. The molecule has 0 aromatic rings. The van der Waals surface area contributed by atoms with E-state index in [-0.39, 0.29) is 5.41 Å². The van der Waals surface area contributed by atoms with Crippen LogP contribution in [0.3, 0.4) is 0 Å². The molecule has 0 unspecified atom stereocenters. The van der Waals surface area contributed by atoms with Gasteiger partial charge in [-0.25, -0.2) is 0 Å². The maximum absolute atomic E-state index is 4.18. The Kier molecular flexibility index (Phi) is 3.01. The molecule has 13 heavy (non-hydrogen) atoms. The monoisotopic (exact) mass is 182 g/mol. The van der Waals surface area contributed by atoms with E-state index in [1.807, 2.05) is 0 Å². The Labute approximate surface area is 82.2 Å². The predicted molar refractivity (Wildman–Crippen MR) is 57.7 cm³/mol. The van der Waals surface area contributed by atoms with Crippen LogP contribution in [0.2, 0.25) is 0 Å². The molecule has 0 aliphatic carbocycles. The van der Waals surface area contributed by atoms with Gasteiger partial charge in [-0.1, -0.05) is 27.4 Å². The van der Waals surface area contributed by atoms with E-state index in [0.717, 1.165) is 26.2 Å². The van der Waals surface area contributed by atoms with Crippen LogP contribution in [0.1, 0.15) is 20.8 Å². The Bertz CT molecular complexity index is 183. The van der Waals surface area contributed by atoms with E-state index in [9.17, 15) is 0 Å². The van der Waals surface area contributed by atoms with E-state index < -0.39 is 0 Å². The first-order valence-electron chi connectivity index (χ1n) is 5.04. The van der Waals surface area contributed by atoms with Gasteiger partial charge in [0, 0.05) is 37.3 Å². The summed E-state index contributed by atoms with van der Waals surface area (Å²) in [7, 11) is 2.18. The zero-order valence-electron chi connectivity index (χ0n) is 9.43. The Morgan fingerprint density at radius 2 is 1.54 bits per heavy atom. The lowest BCUT2D eigenvalue weighted by atomic mass is 9.91. The van der Waals surface area contributed by atoms with Crippen molar-refractivity contribution >= 4 is 0 Å². The summed E-state index contributed by atoms with van der Waals surface area (Å²) in [5.74, 6) is 0. The van der Waals surface area contributed by atoms with Gasteiger partial charge >= 0.3 is 0 Å². The maximum atomic E-state index is 4.18. The molecule has 1 aliphatic rings. The number of hydrogen-bond donors (Lipinski definition) is 0. The minimum atomic E-state index is 0.218. The van der Waals surface area contributed by atoms with Crippen molar-refractivity contribution in [3.63, 3.8) is 0 Å². The van der Waals surface area contributed by atoms with Crippen LogP contribution < -0.4 is 0 Å². The van der Waals surface area contributed by atoms with Gasteiger partial charge in [0.15, 0.2) is 0 Å². The fourth-order valence-corrected chi connectivity index (χ4v) is 1.55. The van der Waals surface area contributed by atoms with Gasteiger partial charge in [-0.3, -0.25) is 0 Å². The Morgan fingerprint density at radius 3 is 1.92 bits per heavy atom. The molecule has 2 nitrogen and oxygen atoms in total. The second-order valence-electron chi connectivity index (χ2n) is 4.99. The summed E-state index contributed by atoms with van der Waals surface area (Å²) in [6.45, 7) is 15.5. The number of hydrogen-bond acceptors (Lipinski definition) is 2. The first kappa shape index (κ1) is 10.6. The number of rotatable bonds is 1. The van der Waals surface area contributed by atoms with Crippen LogP contribution in [0.5, 0.6) is 0 Å². The van der Waals surface area contributed by atoms with E-state index in [1.54, 1.807) is 0 Å². The molecular formula is C11H22N2. The molecular weight excluding hydrogens is 160 g/mol. The highest BCUT2D eigenvalue weighted by atomic mass is 15.3. The van der Waals surface area contributed by atoms with Gasteiger partial charge in [-0.2, -0.15) is 0 Å². The third-order valence-electron chi connectivity index (χ3n) is 2.75. The number of allylic oxidation sites excluding steroid dienone is 1. The summed E-state index contributed by atoms with van der Waals surface area (Å²) < 4.78 is 0. The molecule has 1 saturated heterocycles. The standard InChI is InChI=1S/C11H22N2/c1-10(11(2,3)4)13-8-6-12(5)7-9-13/h1,6-9H2,2-5H3. The smallest absolute Gasteiger partial charge is 0.0303 e. The van der Waals surface area contributed by atoms with Gasteiger partial charge in [0.2, 0.25) is 0 Å². The van der Waals surface area contributed by atoms with Crippen LogP contribution in [0.4, 0.5) is 0 Å². The molecule has 0 amide bonds. The normalized spacial score (nSPS) is 20.5. The van der Waals surface area contributed by atoms with Crippen molar-refractivity contribution in [1.29, 1.82) is 0 Å². The zero-order chi connectivity index (χ0) is 10.1. The summed E-state index contributed by atoms with van der Waals surface area (Å²) in [6, 6.07) is 0. The average molecular weight is 182 g/mol. The largest absolute Gasteiger partial charge is 0.372 e. The topological polar surface area (TPSA) is 6.48 Å². The molecule has 0 aromatic carbocycles. The van der Waals surface area contributed by atoms with Crippen molar-refractivity contribution in [2.24, 2.45) is 5.41 Å². The van der Waals surface area contributed by atoms with Crippen LogP contribution in [-0.4, -0.2) is 43.0 Å². The summed E-state index contributed by atoms with van der Waals surface area (Å²) in [4.78, 5) is 4.78. The molecule has 0 aromatic heterocycles. The Balaban J connectivity index is 2.50. The predicted octanol–water partition coefficient (Wildman–Crippen LogP) is 1.79. The van der Waals surface area contributed by atoms with E-state index in [2.05, 4.69) is 44.2 Å². The van der Waals surface area contributed by atoms with Gasteiger partial charge in [-0.05, 0) is 7.05 Å². The van der Waals surface area contributed by atoms with Crippen molar-refractivity contribution in [2.45, 2.75) is 20.8 Å². The van der Waals surface area contributed by atoms with Crippen molar-refractivity contribution in [3.05, 3.63) is 12.3 Å². The molecule has 1 aliphatic heterocycles. The van der Waals surface area contributed by atoms with Crippen LogP contribution in [0.25, 0.3) is 0 Å². The number of piperazine rings is 1.